The van der Waals surface area contributed by atoms with Crippen LogP contribution in [0.2, 0.25) is 0 Å². The van der Waals surface area contributed by atoms with E-state index in [9.17, 15) is 0 Å². The van der Waals surface area contributed by atoms with E-state index in [1.165, 1.54) is 30.4 Å². The smallest absolute Gasteiger partial charge is 0.123 e. The molecule has 0 atom stereocenters. The van der Waals surface area contributed by atoms with Crippen LogP contribution >= 0.6 is 0 Å². The second kappa shape index (κ2) is 5.26. The maximum atomic E-state index is 5.95. The Labute approximate surface area is 108 Å². The Morgan fingerprint density at radius 2 is 1.61 bits per heavy atom. The van der Waals surface area contributed by atoms with Crippen molar-refractivity contribution in [1.82, 2.24) is 0 Å². The molecule has 2 aromatic carbocycles. The highest BCUT2D eigenvalue weighted by Gasteiger charge is 2.22. The molecule has 1 heteroatoms. The summed E-state index contributed by atoms with van der Waals surface area (Å²) in [5.74, 6) is 1.94. The van der Waals surface area contributed by atoms with E-state index in [1.807, 2.05) is 6.07 Å². The summed E-state index contributed by atoms with van der Waals surface area (Å²) in [5, 5.41) is 0. The van der Waals surface area contributed by atoms with Gasteiger partial charge in [-0.15, -0.1) is 0 Å². The van der Waals surface area contributed by atoms with Crippen molar-refractivity contribution in [2.24, 2.45) is 5.92 Å². The maximum Gasteiger partial charge on any atom is 0.123 e. The normalized spacial score (nSPS) is 14.4. The van der Waals surface area contributed by atoms with Crippen molar-refractivity contribution in [3.8, 4) is 5.75 Å². The van der Waals surface area contributed by atoms with E-state index in [0.717, 1.165) is 11.7 Å². The third kappa shape index (κ3) is 2.92. The van der Waals surface area contributed by atoms with Crippen LogP contribution in [0.25, 0.3) is 0 Å². The molecule has 92 valence electrons. The minimum absolute atomic E-state index is 0.655. The number of para-hydroxylation sites is 1. The third-order valence-electron chi connectivity index (χ3n) is 3.42. The van der Waals surface area contributed by atoms with Gasteiger partial charge in [0.05, 0.1) is 0 Å². The van der Waals surface area contributed by atoms with E-state index in [4.69, 9.17) is 4.74 Å². The highest BCUT2D eigenvalue weighted by atomic mass is 16.5. The van der Waals surface area contributed by atoms with E-state index in [0.29, 0.717) is 6.61 Å². The summed E-state index contributed by atoms with van der Waals surface area (Å²) < 4.78 is 5.95. The molecule has 3 rings (SSSR count). The molecule has 1 saturated carbocycles. The average Bonchev–Trinajstić information content (AvgIpc) is 3.23. The molecule has 18 heavy (non-hydrogen) atoms. The second-order valence-corrected chi connectivity index (χ2v) is 5.03. The Balaban J connectivity index is 1.68. The number of ether oxygens (including phenoxy) is 1. The fourth-order valence-corrected chi connectivity index (χ4v) is 2.18. The zero-order chi connectivity index (χ0) is 12.2. The number of hydrogen-bond donors (Lipinski definition) is 0. The minimum atomic E-state index is 0.655. The molecule has 1 nitrogen and oxygen atoms in total. The minimum Gasteiger partial charge on any atom is -0.489 e. The van der Waals surface area contributed by atoms with Gasteiger partial charge in [-0.05, 0) is 42.4 Å². The molecule has 0 bridgehead atoms. The van der Waals surface area contributed by atoms with Crippen LogP contribution in [0.5, 0.6) is 5.75 Å². The van der Waals surface area contributed by atoms with E-state index >= 15 is 0 Å². The van der Waals surface area contributed by atoms with Gasteiger partial charge in [0.25, 0.3) is 0 Å². The molecule has 0 N–H and O–H groups in total. The second-order valence-electron chi connectivity index (χ2n) is 5.03. The van der Waals surface area contributed by atoms with E-state index in [1.54, 1.807) is 0 Å². The molecule has 1 aliphatic rings. The number of rotatable bonds is 5. The Bertz CT molecular complexity index is 500. The van der Waals surface area contributed by atoms with Gasteiger partial charge in [0.15, 0.2) is 0 Å². The van der Waals surface area contributed by atoms with Crippen LogP contribution in [0, 0.1) is 5.92 Å². The molecule has 1 fully saturated rings. The van der Waals surface area contributed by atoms with E-state index in [2.05, 4.69) is 48.5 Å². The van der Waals surface area contributed by atoms with Crippen LogP contribution in [0.3, 0.4) is 0 Å². The van der Waals surface area contributed by atoms with Gasteiger partial charge >= 0.3 is 0 Å². The molecule has 1 aliphatic carbocycles. The first-order chi connectivity index (χ1) is 8.92. The average molecular weight is 238 g/mol. The van der Waals surface area contributed by atoms with E-state index in [-0.39, 0.29) is 0 Å². The van der Waals surface area contributed by atoms with Gasteiger partial charge < -0.3 is 4.74 Å². The zero-order valence-corrected chi connectivity index (χ0v) is 10.5. The van der Waals surface area contributed by atoms with Crippen LogP contribution in [-0.4, -0.2) is 0 Å². The molecule has 0 aromatic heterocycles. The molecule has 0 radical (unpaired) electrons. The summed E-state index contributed by atoms with van der Waals surface area (Å²) in [6, 6.07) is 18.8. The maximum absolute atomic E-state index is 5.95. The van der Waals surface area contributed by atoms with Crippen molar-refractivity contribution in [3.63, 3.8) is 0 Å². The lowest BCUT2D eigenvalue weighted by atomic mass is 10.1. The zero-order valence-electron chi connectivity index (χ0n) is 10.5. The predicted molar refractivity (Wildman–Crippen MR) is 73.6 cm³/mol. The van der Waals surface area contributed by atoms with Crippen LogP contribution in [0.1, 0.15) is 24.0 Å². The van der Waals surface area contributed by atoms with Gasteiger partial charge in [0.1, 0.15) is 12.4 Å². The monoisotopic (exact) mass is 238 g/mol. The highest BCUT2D eigenvalue weighted by Crippen LogP contribution is 2.35. The molecule has 2 aromatic rings. The lowest BCUT2D eigenvalue weighted by molar-refractivity contribution is 0.302. The first-order valence-corrected chi connectivity index (χ1v) is 6.66. The third-order valence-corrected chi connectivity index (χ3v) is 3.42. The van der Waals surface area contributed by atoms with Gasteiger partial charge in [0.2, 0.25) is 0 Å². The summed E-state index contributed by atoms with van der Waals surface area (Å²) in [6.45, 7) is 0.655. The molecule has 0 spiro atoms. The fourth-order valence-electron chi connectivity index (χ4n) is 2.18. The Morgan fingerprint density at radius 1 is 0.889 bits per heavy atom. The summed E-state index contributed by atoms with van der Waals surface area (Å²) in [4.78, 5) is 0. The first-order valence-electron chi connectivity index (χ1n) is 6.66. The van der Waals surface area contributed by atoms with Gasteiger partial charge in [0, 0.05) is 0 Å². The fraction of sp³-hybridized carbons (Fsp3) is 0.294. The SMILES string of the molecule is c1ccc(COc2ccccc2CC2CC2)cc1. The first kappa shape index (κ1) is 11.3. The van der Waals surface area contributed by atoms with Crippen molar-refractivity contribution in [1.29, 1.82) is 0 Å². The molecular weight excluding hydrogens is 220 g/mol. The number of hydrogen-bond acceptors (Lipinski definition) is 1. The number of benzene rings is 2. The molecule has 0 aliphatic heterocycles. The topological polar surface area (TPSA) is 9.23 Å². The summed E-state index contributed by atoms with van der Waals surface area (Å²) in [5.41, 5.74) is 2.58. The highest BCUT2D eigenvalue weighted by molar-refractivity contribution is 5.34. The molecule has 0 amide bonds. The molecule has 0 unspecified atom stereocenters. The van der Waals surface area contributed by atoms with Crippen molar-refractivity contribution in [2.75, 3.05) is 0 Å². The quantitative estimate of drug-likeness (QED) is 0.758. The summed E-state index contributed by atoms with van der Waals surface area (Å²) >= 11 is 0. The van der Waals surface area contributed by atoms with Gasteiger partial charge in [-0.3, -0.25) is 0 Å². The lowest BCUT2D eigenvalue weighted by Gasteiger charge is -2.11. The van der Waals surface area contributed by atoms with Gasteiger partial charge in [-0.2, -0.15) is 0 Å². The van der Waals surface area contributed by atoms with Gasteiger partial charge in [-0.25, -0.2) is 0 Å². The Morgan fingerprint density at radius 3 is 2.39 bits per heavy atom. The van der Waals surface area contributed by atoms with Crippen molar-refractivity contribution in [2.45, 2.75) is 25.9 Å². The van der Waals surface area contributed by atoms with Crippen molar-refractivity contribution >= 4 is 0 Å². The largest absolute Gasteiger partial charge is 0.489 e. The predicted octanol–water partition coefficient (Wildman–Crippen LogP) is 4.22. The van der Waals surface area contributed by atoms with Crippen LogP contribution < -0.4 is 4.74 Å². The van der Waals surface area contributed by atoms with Crippen molar-refractivity contribution < 1.29 is 4.74 Å². The molecular formula is C17H18O. The van der Waals surface area contributed by atoms with Crippen LogP contribution in [-0.2, 0) is 13.0 Å². The molecule has 0 saturated heterocycles. The van der Waals surface area contributed by atoms with Crippen molar-refractivity contribution in [3.05, 3.63) is 65.7 Å². The van der Waals surface area contributed by atoms with Crippen LogP contribution in [0.15, 0.2) is 54.6 Å². The summed E-state index contributed by atoms with van der Waals surface area (Å²) in [7, 11) is 0. The Hall–Kier alpha value is -1.76. The lowest BCUT2D eigenvalue weighted by Crippen LogP contribution is -1.99. The Kier molecular flexibility index (Phi) is 3.31. The van der Waals surface area contributed by atoms with Crippen LogP contribution in [0.4, 0.5) is 0 Å². The molecule has 0 heterocycles. The summed E-state index contributed by atoms with van der Waals surface area (Å²) in [6.07, 6.45) is 3.94. The van der Waals surface area contributed by atoms with Gasteiger partial charge in [-0.1, -0.05) is 48.5 Å². The van der Waals surface area contributed by atoms with E-state index < -0.39 is 0 Å². The standard InChI is InChI=1S/C17H18O/c1-2-6-15(7-3-1)13-18-17-9-5-4-8-16(17)12-14-10-11-14/h1-9,14H,10-13H2.